The highest BCUT2D eigenvalue weighted by Crippen LogP contribution is 2.67. The zero-order valence-corrected chi connectivity index (χ0v) is 20.0. The first-order valence-corrected chi connectivity index (χ1v) is 13.1. The molecule has 0 radical (unpaired) electrons. The molecule has 1 N–H and O–H groups in total. The molecule has 0 spiro atoms. The van der Waals surface area contributed by atoms with E-state index in [-0.39, 0.29) is 0 Å². The molecule has 2 nitrogen and oxygen atoms in total. The van der Waals surface area contributed by atoms with Crippen LogP contribution in [0.2, 0.25) is 0 Å². The summed E-state index contributed by atoms with van der Waals surface area (Å²) in [6.07, 6.45) is 17.2. The Hall–Kier alpha value is -0.530. The van der Waals surface area contributed by atoms with Gasteiger partial charge in [0.05, 0.1) is 0 Å². The van der Waals surface area contributed by atoms with Crippen LogP contribution in [-0.4, -0.2) is 11.1 Å². The highest BCUT2D eigenvalue weighted by atomic mass is 16.4. The standard InChI is InChI=1S/C25H42O2.C2H6/c1-17(10-13-23(26)27)20-11-12-21-19-9-6-8-18-7-4-5-15-24(18,2)22(19)14-16-25(20,21)3;1-2/h17-22H,4-16H2,1-3H3,(H,26,27);1-2H3/t17-,18+,19+,20?,21?,22?,24+,25-;/m1./s1. The average Bonchev–Trinajstić information content (AvgIpc) is 2.98. The third-order valence-corrected chi connectivity index (χ3v) is 10.4. The van der Waals surface area contributed by atoms with Crippen LogP contribution in [0.15, 0.2) is 0 Å². The lowest BCUT2D eigenvalue weighted by Crippen LogP contribution is -2.49. The number of carboxylic acid groups (broad SMARTS) is 1. The van der Waals surface area contributed by atoms with Crippen LogP contribution in [-0.2, 0) is 4.79 Å². The fraction of sp³-hybridized carbons (Fsp3) is 0.963. The van der Waals surface area contributed by atoms with Crippen LogP contribution >= 0.6 is 0 Å². The minimum atomic E-state index is -0.620. The Bertz CT molecular complexity index is 557. The van der Waals surface area contributed by atoms with Gasteiger partial charge in [0.1, 0.15) is 0 Å². The van der Waals surface area contributed by atoms with Gasteiger partial charge in [-0.05, 0) is 104 Å². The number of fused-ring (bicyclic) bond motifs is 5. The van der Waals surface area contributed by atoms with Crippen molar-refractivity contribution in [2.45, 2.75) is 118 Å². The second-order valence-electron chi connectivity index (χ2n) is 11.4. The van der Waals surface area contributed by atoms with Crippen molar-refractivity contribution in [3.8, 4) is 0 Å². The maximum absolute atomic E-state index is 11.1. The smallest absolute Gasteiger partial charge is 0.303 e. The molecule has 8 atom stereocenters. The summed E-state index contributed by atoms with van der Waals surface area (Å²) < 4.78 is 0. The largest absolute Gasteiger partial charge is 0.481 e. The molecule has 0 amide bonds. The average molecular weight is 405 g/mol. The Morgan fingerprint density at radius 3 is 2.31 bits per heavy atom. The minimum Gasteiger partial charge on any atom is -0.481 e. The van der Waals surface area contributed by atoms with E-state index in [1.807, 2.05) is 13.8 Å². The van der Waals surface area contributed by atoms with Gasteiger partial charge in [-0.25, -0.2) is 0 Å². The molecule has 0 aromatic rings. The van der Waals surface area contributed by atoms with Crippen molar-refractivity contribution in [1.82, 2.24) is 0 Å². The van der Waals surface area contributed by atoms with E-state index in [0.29, 0.717) is 23.2 Å². The number of rotatable bonds is 4. The molecule has 0 saturated heterocycles. The molecule has 0 aliphatic heterocycles. The summed E-state index contributed by atoms with van der Waals surface area (Å²) in [7, 11) is 0. The van der Waals surface area contributed by atoms with E-state index < -0.39 is 5.97 Å². The molecular weight excluding hydrogens is 356 g/mol. The Labute approximate surface area is 180 Å². The van der Waals surface area contributed by atoms with Crippen molar-refractivity contribution < 1.29 is 9.90 Å². The zero-order chi connectivity index (χ0) is 21.2. The van der Waals surface area contributed by atoms with Crippen LogP contribution in [0.25, 0.3) is 0 Å². The van der Waals surface area contributed by atoms with Gasteiger partial charge in [-0.2, -0.15) is 0 Å². The first kappa shape index (κ1) is 23.1. The van der Waals surface area contributed by atoms with Gasteiger partial charge in [0.2, 0.25) is 0 Å². The van der Waals surface area contributed by atoms with Gasteiger partial charge in [-0.1, -0.05) is 53.9 Å². The quantitative estimate of drug-likeness (QED) is 0.516. The van der Waals surface area contributed by atoms with E-state index in [0.717, 1.165) is 36.0 Å². The third-order valence-electron chi connectivity index (χ3n) is 10.4. The number of carboxylic acids is 1. The summed E-state index contributed by atoms with van der Waals surface area (Å²) in [6.45, 7) is 11.6. The van der Waals surface area contributed by atoms with Crippen LogP contribution in [0.1, 0.15) is 118 Å². The van der Waals surface area contributed by atoms with Crippen molar-refractivity contribution in [2.75, 3.05) is 0 Å². The van der Waals surface area contributed by atoms with Gasteiger partial charge >= 0.3 is 5.97 Å². The second-order valence-corrected chi connectivity index (χ2v) is 11.4. The Balaban J connectivity index is 0.00000117. The molecule has 2 heteroatoms. The fourth-order valence-corrected chi connectivity index (χ4v) is 9.03. The zero-order valence-electron chi connectivity index (χ0n) is 20.0. The first-order valence-electron chi connectivity index (χ1n) is 13.1. The highest BCUT2D eigenvalue weighted by molar-refractivity contribution is 5.66. The van der Waals surface area contributed by atoms with Crippen LogP contribution in [0.3, 0.4) is 0 Å². The number of hydrogen-bond acceptors (Lipinski definition) is 1. The minimum absolute atomic E-state index is 0.351. The molecule has 0 aromatic carbocycles. The summed E-state index contributed by atoms with van der Waals surface area (Å²) in [4.78, 5) is 11.1. The lowest BCUT2D eigenvalue weighted by Gasteiger charge is -2.56. The molecule has 0 bridgehead atoms. The maximum atomic E-state index is 11.1. The van der Waals surface area contributed by atoms with Crippen molar-refractivity contribution in [2.24, 2.45) is 46.3 Å². The van der Waals surface area contributed by atoms with Gasteiger partial charge < -0.3 is 5.11 Å². The predicted octanol–water partition coefficient (Wildman–Crippen LogP) is 7.95. The van der Waals surface area contributed by atoms with Gasteiger partial charge in [0, 0.05) is 6.42 Å². The summed E-state index contributed by atoms with van der Waals surface area (Å²) in [6, 6.07) is 0. The van der Waals surface area contributed by atoms with E-state index >= 15 is 0 Å². The van der Waals surface area contributed by atoms with E-state index in [4.69, 9.17) is 5.11 Å². The van der Waals surface area contributed by atoms with Crippen LogP contribution < -0.4 is 0 Å². The molecule has 4 aliphatic rings. The lowest BCUT2D eigenvalue weighted by molar-refractivity contribution is -0.137. The topological polar surface area (TPSA) is 37.3 Å². The molecule has 0 aromatic heterocycles. The Kier molecular flexibility index (Phi) is 7.43. The Morgan fingerprint density at radius 1 is 0.897 bits per heavy atom. The Morgan fingerprint density at radius 2 is 1.59 bits per heavy atom. The summed E-state index contributed by atoms with van der Waals surface area (Å²) >= 11 is 0. The van der Waals surface area contributed by atoms with E-state index in [2.05, 4.69) is 20.8 Å². The molecule has 4 aliphatic carbocycles. The molecule has 3 unspecified atom stereocenters. The van der Waals surface area contributed by atoms with Crippen molar-refractivity contribution in [3.63, 3.8) is 0 Å². The normalized spacial score (nSPS) is 44.9. The number of carbonyl (C=O) groups is 1. The summed E-state index contributed by atoms with van der Waals surface area (Å²) in [5, 5.41) is 9.13. The highest BCUT2D eigenvalue weighted by Gasteiger charge is 2.59. The molecule has 4 saturated carbocycles. The van der Waals surface area contributed by atoms with Gasteiger partial charge in [0.15, 0.2) is 0 Å². The molecule has 168 valence electrons. The fourth-order valence-electron chi connectivity index (χ4n) is 9.03. The monoisotopic (exact) mass is 404 g/mol. The van der Waals surface area contributed by atoms with Crippen LogP contribution in [0.5, 0.6) is 0 Å². The number of aliphatic carboxylic acids is 1. The summed E-state index contributed by atoms with van der Waals surface area (Å²) in [5.41, 5.74) is 1.09. The predicted molar refractivity (Wildman–Crippen MR) is 122 cm³/mol. The first-order chi connectivity index (χ1) is 13.9. The van der Waals surface area contributed by atoms with Crippen molar-refractivity contribution >= 4 is 5.97 Å². The SMILES string of the molecule is CC.C[C@H](CCC(=O)O)C1CCC2[C@@H]3CCC[C@@H]4CCCC[C@]4(C)C3CC[C@@]21C. The second kappa shape index (κ2) is 9.31. The van der Waals surface area contributed by atoms with Crippen LogP contribution in [0, 0.1) is 46.3 Å². The van der Waals surface area contributed by atoms with E-state index in [1.165, 1.54) is 70.6 Å². The molecule has 4 rings (SSSR count). The van der Waals surface area contributed by atoms with E-state index in [1.54, 1.807) is 0 Å². The molecule has 29 heavy (non-hydrogen) atoms. The van der Waals surface area contributed by atoms with Crippen molar-refractivity contribution in [3.05, 3.63) is 0 Å². The molecule has 0 heterocycles. The van der Waals surface area contributed by atoms with Gasteiger partial charge in [-0.3, -0.25) is 4.79 Å². The van der Waals surface area contributed by atoms with Gasteiger partial charge in [-0.15, -0.1) is 0 Å². The van der Waals surface area contributed by atoms with Crippen molar-refractivity contribution in [1.29, 1.82) is 0 Å². The van der Waals surface area contributed by atoms with Gasteiger partial charge in [0.25, 0.3) is 0 Å². The van der Waals surface area contributed by atoms with E-state index in [9.17, 15) is 4.79 Å². The maximum Gasteiger partial charge on any atom is 0.303 e. The third kappa shape index (κ3) is 4.16. The van der Waals surface area contributed by atoms with Crippen LogP contribution in [0.4, 0.5) is 0 Å². The number of hydrogen-bond donors (Lipinski definition) is 1. The molecule has 4 fully saturated rings. The molecular formula is C27H48O2. The summed E-state index contributed by atoms with van der Waals surface area (Å²) in [5.74, 6) is 4.52. The lowest BCUT2D eigenvalue weighted by atomic mass is 9.49.